The molecule has 3 heteroatoms. The highest BCUT2D eigenvalue weighted by molar-refractivity contribution is 5.53. The van der Waals surface area contributed by atoms with Crippen molar-refractivity contribution in [3.05, 3.63) is 35.6 Å². The fraction of sp³-hybridized carbons (Fsp3) is 0.385. The van der Waals surface area contributed by atoms with Crippen LogP contribution in [0.2, 0.25) is 0 Å². The third kappa shape index (κ3) is 3.19. The summed E-state index contributed by atoms with van der Waals surface area (Å²) in [6.07, 6.45) is 2.14. The molecule has 0 aliphatic rings. The fourth-order valence-electron chi connectivity index (χ4n) is 1.51. The Morgan fingerprint density at radius 2 is 1.50 bits per heavy atom. The molecule has 0 saturated heterocycles. The van der Waals surface area contributed by atoms with Crippen molar-refractivity contribution in [3.63, 3.8) is 0 Å². The van der Waals surface area contributed by atoms with Gasteiger partial charge in [-0.1, -0.05) is 12.1 Å². The molecular formula is C13H20N2O. The predicted octanol–water partition coefficient (Wildman–Crippen LogP) is 2.12. The lowest BCUT2D eigenvalue weighted by Gasteiger charge is -2.24. The topological polar surface area (TPSA) is 15.7 Å². The van der Waals surface area contributed by atoms with Crippen LogP contribution in [0.1, 0.15) is 5.56 Å². The summed E-state index contributed by atoms with van der Waals surface area (Å²) in [5.74, 6) is 2.04. The maximum absolute atomic E-state index is 5.13. The Kier molecular flexibility index (Phi) is 4.23. The molecule has 0 aliphatic heterocycles. The second kappa shape index (κ2) is 5.45. The van der Waals surface area contributed by atoms with Crippen molar-refractivity contribution in [2.24, 2.45) is 0 Å². The number of ether oxygens (including phenoxy) is 1. The first-order valence-electron chi connectivity index (χ1n) is 5.25. The van der Waals surface area contributed by atoms with E-state index in [1.54, 1.807) is 7.11 Å². The number of nitrogens with zero attached hydrogens (tertiary/aromatic N) is 2. The van der Waals surface area contributed by atoms with Gasteiger partial charge in [0.1, 0.15) is 11.6 Å². The minimum absolute atomic E-state index is 0.883. The van der Waals surface area contributed by atoms with Gasteiger partial charge in [0.15, 0.2) is 0 Å². The van der Waals surface area contributed by atoms with Gasteiger partial charge in [-0.3, -0.25) is 0 Å². The van der Waals surface area contributed by atoms with E-state index in [-0.39, 0.29) is 0 Å². The summed E-state index contributed by atoms with van der Waals surface area (Å²) in [5, 5.41) is 0. The van der Waals surface area contributed by atoms with Gasteiger partial charge in [0, 0.05) is 28.2 Å². The quantitative estimate of drug-likeness (QED) is 0.773. The Bertz CT molecular complexity index is 343. The van der Waals surface area contributed by atoms with Crippen LogP contribution in [0, 0.1) is 0 Å². The Balaban J connectivity index is 2.94. The lowest BCUT2D eigenvalue weighted by atomic mass is 10.2. The van der Waals surface area contributed by atoms with Gasteiger partial charge in [-0.25, -0.2) is 0 Å². The maximum atomic E-state index is 5.13. The number of methoxy groups -OCH3 is 1. The van der Waals surface area contributed by atoms with Crippen LogP contribution < -0.4 is 4.74 Å². The van der Waals surface area contributed by atoms with Gasteiger partial charge in [-0.2, -0.15) is 0 Å². The van der Waals surface area contributed by atoms with Crippen LogP contribution in [0.15, 0.2) is 30.1 Å². The lowest BCUT2D eigenvalue weighted by Crippen LogP contribution is -2.24. The molecule has 0 aromatic heterocycles. The smallest absolute Gasteiger partial charge is 0.118 e. The van der Waals surface area contributed by atoms with Gasteiger partial charge in [-0.05, 0) is 23.8 Å². The Morgan fingerprint density at radius 3 is 1.88 bits per heavy atom. The molecule has 0 saturated carbocycles. The van der Waals surface area contributed by atoms with E-state index in [0.29, 0.717) is 0 Å². The number of hydrogen-bond donors (Lipinski definition) is 0. The van der Waals surface area contributed by atoms with E-state index in [0.717, 1.165) is 11.6 Å². The molecule has 1 aromatic carbocycles. The minimum Gasteiger partial charge on any atom is -0.497 e. The number of rotatable bonds is 4. The molecule has 0 heterocycles. The standard InChI is InChI=1S/C13H20N2O/c1-14(2)13(15(3)4)10-11-6-8-12(16-5)9-7-11/h6-10H,1-5H3. The molecule has 0 spiro atoms. The van der Waals surface area contributed by atoms with E-state index in [1.807, 2.05) is 52.5 Å². The predicted molar refractivity (Wildman–Crippen MR) is 68.3 cm³/mol. The molecule has 0 bridgehead atoms. The molecule has 3 nitrogen and oxygen atoms in total. The van der Waals surface area contributed by atoms with Crippen molar-refractivity contribution < 1.29 is 4.74 Å². The highest BCUT2D eigenvalue weighted by Crippen LogP contribution is 2.15. The van der Waals surface area contributed by atoms with E-state index < -0.39 is 0 Å². The number of hydrogen-bond acceptors (Lipinski definition) is 3. The van der Waals surface area contributed by atoms with Gasteiger partial charge in [0.05, 0.1) is 7.11 Å². The van der Waals surface area contributed by atoms with Crippen LogP contribution >= 0.6 is 0 Å². The van der Waals surface area contributed by atoms with Gasteiger partial charge in [-0.15, -0.1) is 0 Å². The summed E-state index contributed by atoms with van der Waals surface area (Å²) in [7, 11) is 9.82. The molecule has 0 N–H and O–H groups in total. The average Bonchev–Trinajstić information content (AvgIpc) is 2.25. The zero-order chi connectivity index (χ0) is 12.1. The molecule has 88 valence electrons. The molecular weight excluding hydrogens is 200 g/mol. The molecule has 0 amide bonds. The van der Waals surface area contributed by atoms with Crippen LogP contribution in [0.4, 0.5) is 0 Å². The van der Waals surface area contributed by atoms with Crippen molar-refractivity contribution in [2.45, 2.75) is 0 Å². The van der Waals surface area contributed by atoms with Crippen LogP contribution in [-0.4, -0.2) is 45.1 Å². The van der Waals surface area contributed by atoms with Crippen LogP contribution in [0.3, 0.4) is 0 Å². The van der Waals surface area contributed by atoms with Crippen LogP contribution in [0.5, 0.6) is 5.75 Å². The van der Waals surface area contributed by atoms with E-state index in [4.69, 9.17) is 4.74 Å². The summed E-state index contributed by atoms with van der Waals surface area (Å²) in [6, 6.07) is 8.03. The van der Waals surface area contributed by atoms with E-state index in [9.17, 15) is 0 Å². The zero-order valence-corrected chi connectivity index (χ0v) is 10.7. The third-order valence-corrected chi connectivity index (χ3v) is 2.33. The highest BCUT2D eigenvalue weighted by Gasteiger charge is 2.02. The Labute approximate surface area is 97.9 Å². The monoisotopic (exact) mass is 220 g/mol. The average molecular weight is 220 g/mol. The first-order chi connectivity index (χ1) is 7.54. The third-order valence-electron chi connectivity index (χ3n) is 2.33. The van der Waals surface area contributed by atoms with E-state index in [1.165, 1.54) is 5.56 Å². The molecule has 0 fully saturated rings. The minimum atomic E-state index is 0.883. The molecule has 0 atom stereocenters. The Hall–Kier alpha value is -1.64. The van der Waals surface area contributed by atoms with E-state index in [2.05, 4.69) is 15.9 Å². The van der Waals surface area contributed by atoms with Crippen LogP contribution in [0.25, 0.3) is 6.08 Å². The molecule has 0 radical (unpaired) electrons. The molecule has 0 aliphatic carbocycles. The first kappa shape index (κ1) is 12.4. The van der Waals surface area contributed by atoms with Gasteiger partial charge < -0.3 is 14.5 Å². The maximum Gasteiger partial charge on any atom is 0.118 e. The second-order valence-corrected chi connectivity index (χ2v) is 4.06. The van der Waals surface area contributed by atoms with Gasteiger partial charge in [0.25, 0.3) is 0 Å². The highest BCUT2D eigenvalue weighted by atomic mass is 16.5. The van der Waals surface area contributed by atoms with Crippen molar-refractivity contribution in [1.29, 1.82) is 0 Å². The zero-order valence-electron chi connectivity index (χ0n) is 10.7. The van der Waals surface area contributed by atoms with Crippen molar-refractivity contribution in [1.82, 2.24) is 9.80 Å². The lowest BCUT2D eigenvalue weighted by molar-refractivity contribution is 0.348. The van der Waals surface area contributed by atoms with Gasteiger partial charge >= 0.3 is 0 Å². The summed E-state index contributed by atoms with van der Waals surface area (Å²) in [5.41, 5.74) is 1.17. The number of benzene rings is 1. The van der Waals surface area contributed by atoms with E-state index >= 15 is 0 Å². The largest absolute Gasteiger partial charge is 0.497 e. The SMILES string of the molecule is COc1ccc(C=C(N(C)C)N(C)C)cc1. The summed E-state index contributed by atoms with van der Waals surface area (Å²) < 4.78 is 5.13. The fourth-order valence-corrected chi connectivity index (χ4v) is 1.51. The van der Waals surface area contributed by atoms with Crippen molar-refractivity contribution >= 4 is 6.08 Å². The van der Waals surface area contributed by atoms with Crippen molar-refractivity contribution in [3.8, 4) is 5.75 Å². The molecule has 16 heavy (non-hydrogen) atoms. The molecule has 0 unspecified atom stereocenters. The Morgan fingerprint density at radius 1 is 1.00 bits per heavy atom. The molecule has 1 rings (SSSR count). The summed E-state index contributed by atoms with van der Waals surface area (Å²) in [6.45, 7) is 0. The van der Waals surface area contributed by atoms with Crippen LogP contribution in [-0.2, 0) is 0 Å². The normalized spacial score (nSPS) is 9.56. The van der Waals surface area contributed by atoms with Gasteiger partial charge in [0.2, 0.25) is 0 Å². The summed E-state index contributed by atoms with van der Waals surface area (Å²) >= 11 is 0. The van der Waals surface area contributed by atoms with Crippen molar-refractivity contribution in [2.75, 3.05) is 35.3 Å². The molecule has 1 aromatic rings. The summed E-state index contributed by atoms with van der Waals surface area (Å²) in [4.78, 5) is 4.18. The first-order valence-corrected chi connectivity index (χ1v) is 5.25. The second-order valence-electron chi connectivity index (χ2n) is 4.06.